The standard InChI is InChI=1S/C16H22N4O/c1-12-5-4-6-13(9-12)15(20(2)3)16(21)18-8-7-14-10-17-11-19-14/h4-6,9-11,15H,7-8H2,1-3H3,(H,17,19)(H,18,21)/t15-/m1/s1. The summed E-state index contributed by atoms with van der Waals surface area (Å²) < 4.78 is 0. The number of benzene rings is 1. The maximum Gasteiger partial charge on any atom is 0.241 e. The van der Waals surface area contributed by atoms with Crippen molar-refractivity contribution in [2.45, 2.75) is 19.4 Å². The van der Waals surface area contributed by atoms with Crippen LogP contribution in [0.2, 0.25) is 0 Å². The van der Waals surface area contributed by atoms with Crippen LogP contribution in [0.15, 0.2) is 36.8 Å². The number of aromatic amines is 1. The molecule has 21 heavy (non-hydrogen) atoms. The molecule has 0 saturated carbocycles. The highest BCUT2D eigenvalue weighted by Crippen LogP contribution is 2.19. The molecule has 1 aromatic carbocycles. The molecular formula is C16H22N4O. The summed E-state index contributed by atoms with van der Waals surface area (Å²) in [6.45, 7) is 2.63. The Morgan fingerprint density at radius 1 is 1.43 bits per heavy atom. The Bertz CT molecular complexity index is 578. The number of nitrogens with zero attached hydrogens (tertiary/aromatic N) is 2. The maximum absolute atomic E-state index is 12.4. The largest absolute Gasteiger partial charge is 0.354 e. The van der Waals surface area contributed by atoms with Crippen LogP contribution in [-0.4, -0.2) is 41.4 Å². The highest BCUT2D eigenvalue weighted by molar-refractivity contribution is 5.83. The van der Waals surface area contributed by atoms with Crippen molar-refractivity contribution in [3.63, 3.8) is 0 Å². The van der Waals surface area contributed by atoms with Gasteiger partial charge in [0.05, 0.1) is 6.33 Å². The number of imidazole rings is 1. The summed E-state index contributed by atoms with van der Waals surface area (Å²) in [6.07, 6.45) is 4.17. The minimum absolute atomic E-state index is 0.0186. The highest BCUT2D eigenvalue weighted by Gasteiger charge is 2.22. The van der Waals surface area contributed by atoms with E-state index in [2.05, 4.69) is 21.4 Å². The van der Waals surface area contributed by atoms with E-state index in [1.165, 1.54) is 0 Å². The van der Waals surface area contributed by atoms with Gasteiger partial charge in [-0.15, -0.1) is 0 Å². The first kappa shape index (κ1) is 15.3. The van der Waals surface area contributed by atoms with Crippen LogP contribution < -0.4 is 5.32 Å². The van der Waals surface area contributed by atoms with E-state index in [1.54, 1.807) is 12.5 Å². The zero-order valence-corrected chi connectivity index (χ0v) is 12.8. The van der Waals surface area contributed by atoms with Crippen molar-refractivity contribution in [1.29, 1.82) is 0 Å². The Hall–Kier alpha value is -2.14. The molecule has 2 N–H and O–H groups in total. The molecule has 1 amide bonds. The monoisotopic (exact) mass is 286 g/mol. The van der Waals surface area contributed by atoms with E-state index in [9.17, 15) is 4.79 Å². The summed E-state index contributed by atoms with van der Waals surface area (Å²) >= 11 is 0. The van der Waals surface area contributed by atoms with Gasteiger partial charge in [-0.2, -0.15) is 0 Å². The molecule has 0 aliphatic carbocycles. The zero-order chi connectivity index (χ0) is 15.2. The first-order valence-electron chi connectivity index (χ1n) is 7.06. The van der Waals surface area contributed by atoms with E-state index in [0.29, 0.717) is 6.54 Å². The minimum Gasteiger partial charge on any atom is -0.354 e. The van der Waals surface area contributed by atoms with Gasteiger partial charge in [-0.1, -0.05) is 29.8 Å². The molecule has 1 atom stereocenters. The molecular weight excluding hydrogens is 264 g/mol. The minimum atomic E-state index is -0.272. The van der Waals surface area contributed by atoms with E-state index in [1.807, 2.05) is 44.1 Å². The second-order valence-electron chi connectivity index (χ2n) is 5.40. The van der Waals surface area contributed by atoms with Crippen molar-refractivity contribution in [3.05, 3.63) is 53.6 Å². The van der Waals surface area contributed by atoms with Crippen LogP contribution in [0.1, 0.15) is 22.9 Å². The topological polar surface area (TPSA) is 61.0 Å². The number of nitrogens with one attached hydrogen (secondary N) is 2. The number of aromatic nitrogens is 2. The van der Waals surface area contributed by atoms with Gasteiger partial charge in [-0.3, -0.25) is 9.69 Å². The van der Waals surface area contributed by atoms with Gasteiger partial charge < -0.3 is 10.3 Å². The third-order valence-electron chi connectivity index (χ3n) is 3.37. The Morgan fingerprint density at radius 3 is 2.86 bits per heavy atom. The van der Waals surface area contributed by atoms with Gasteiger partial charge in [-0.25, -0.2) is 4.98 Å². The van der Waals surface area contributed by atoms with Crippen LogP contribution in [0, 0.1) is 6.92 Å². The second-order valence-corrected chi connectivity index (χ2v) is 5.40. The molecule has 5 nitrogen and oxygen atoms in total. The van der Waals surface area contributed by atoms with Crippen molar-refractivity contribution in [1.82, 2.24) is 20.2 Å². The predicted octanol–water partition coefficient (Wildman–Crippen LogP) is 1.68. The number of carbonyl (C=O) groups is 1. The van der Waals surface area contributed by atoms with Gasteiger partial charge in [0.2, 0.25) is 5.91 Å². The molecule has 0 aliphatic heterocycles. The van der Waals surface area contributed by atoms with Crippen molar-refractivity contribution in [3.8, 4) is 0 Å². The fourth-order valence-corrected chi connectivity index (χ4v) is 2.36. The van der Waals surface area contributed by atoms with Crippen LogP contribution in [-0.2, 0) is 11.2 Å². The van der Waals surface area contributed by atoms with Crippen LogP contribution in [0.25, 0.3) is 0 Å². The summed E-state index contributed by atoms with van der Waals surface area (Å²) in [7, 11) is 3.84. The smallest absolute Gasteiger partial charge is 0.241 e. The lowest BCUT2D eigenvalue weighted by atomic mass is 10.0. The molecule has 2 rings (SSSR count). The van der Waals surface area contributed by atoms with Gasteiger partial charge >= 0.3 is 0 Å². The summed E-state index contributed by atoms with van der Waals surface area (Å²) in [5.74, 6) is 0.0186. The SMILES string of the molecule is Cc1cccc([C@H](C(=O)NCCc2cnc[nH]2)N(C)C)c1. The lowest BCUT2D eigenvalue weighted by Gasteiger charge is -2.24. The third kappa shape index (κ3) is 4.16. The lowest BCUT2D eigenvalue weighted by molar-refractivity contribution is -0.125. The number of hydrogen-bond acceptors (Lipinski definition) is 3. The van der Waals surface area contributed by atoms with Crippen molar-refractivity contribution < 1.29 is 4.79 Å². The van der Waals surface area contributed by atoms with E-state index in [0.717, 1.165) is 23.2 Å². The fraction of sp³-hybridized carbons (Fsp3) is 0.375. The molecule has 1 aromatic heterocycles. The number of carbonyl (C=O) groups excluding carboxylic acids is 1. The Labute approximate surface area is 125 Å². The third-order valence-corrected chi connectivity index (χ3v) is 3.37. The lowest BCUT2D eigenvalue weighted by Crippen LogP contribution is -2.38. The Morgan fingerprint density at radius 2 is 2.24 bits per heavy atom. The molecule has 0 spiro atoms. The Balaban J connectivity index is 1.99. The second kappa shape index (κ2) is 7.04. The van der Waals surface area contributed by atoms with Gasteiger partial charge in [0.15, 0.2) is 0 Å². The molecule has 112 valence electrons. The number of amides is 1. The number of rotatable bonds is 6. The Kier molecular flexibility index (Phi) is 5.11. The molecule has 0 bridgehead atoms. The maximum atomic E-state index is 12.4. The van der Waals surface area contributed by atoms with Crippen molar-refractivity contribution >= 4 is 5.91 Å². The summed E-state index contributed by atoms with van der Waals surface area (Å²) in [4.78, 5) is 21.4. The van der Waals surface area contributed by atoms with Gasteiger partial charge in [0, 0.05) is 24.9 Å². The number of H-pyrrole nitrogens is 1. The summed E-state index contributed by atoms with van der Waals surface area (Å²) in [5.41, 5.74) is 3.19. The average molecular weight is 286 g/mol. The molecule has 0 aliphatic rings. The molecule has 0 fully saturated rings. The number of aryl methyl sites for hydroxylation is 1. The van der Waals surface area contributed by atoms with E-state index < -0.39 is 0 Å². The van der Waals surface area contributed by atoms with Gasteiger partial charge in [0.25, 0.3) is 0 Å². The number of hydrogen-bond donors (Lipinski definition) is 2. The molecule has 5 heteroatoms. The van der Waals surface area contributed by atoms with Crippen molar-refractivity contribution in [2.75, 3.05) is 20.6 Å². The van der Waals surface area contributed by atoms with E-state index in [-0.39, 0.29) is 11.9 Å². The first-order chi connectivity index (χ1) is 10.1. The van der Waals surface area contributed by atoms with Gasteiger partial charge in [-0.05, 0) is 26.6 Å². The van der Waals surface area contributed by atoms with E-state index in [4.69, 9.17) is 0 Å². The quantitative estimate of drug-likeness (QED) is 0.849. The van der Waals surface area contributed by atoms with Crippen LogP contribution in [0.3, 0.4) is 0 Å². The van der Waals surface area contributed by atoms with E-state index >= 15 is 0 Å². The molecule has 0 radical (unpaired) electrons. The summed E-state index contributed by atoms with van der Waals surface area (Å²) in [5, 5.41) is 2.99. The predicted molar refractivity (Wildman–Crippen MR) is 82.9 cm³/mol. The van der Waals surface area contributed by atoms with Crippen LogP contribution in [0.5, 0.6) is 0 Å². The first-order valence-corrected chi connectivity index (χ1v) is 7.06. The van der Waals surface area contributed by atoms with Gasteiger partial charge in [0.1, 0.15) is 6.04 Å². The molecule has 0 saturated heterocycles. The summed E-state index contributed by atoms with van der Waals surface area (Å²) in [6, 6.07) is 7.79. The normalized spacial score (nSPS) is 12.4. The van der Waals surface area contributed by atoms with Crippen LogP contribution >= 0.6 is 0 Å². The van der Waals surface area contributed by atoms with Crippen molar-refractivity contribution in [2.24, 2.45) is 0 Å². The fourth-order valence-electron chi connectivity index (χ4n) is 2.36. The highest BCUT2D eigenvalue weighted by atomic mass is 16.2. The number of likely N-dealkylation sites (N-methyl/N-ethyl adjacent to an activating group) is 1. The van der Waals surface area contributed by atoms with Crippen LogP contribution in [0.4, 0.5) is 0 Å². The zero-order valence-electron chi connectivity index (χ0n) is 12.8. The molecule has 0 unspecified atom stereocenters. The molecule has 1 heterocycles. The average Bonchev–Trinajstić information content (AvgIpc) is 2.91. The molecule has 2 aromatic rings.